The number of carbonyl (C=O) groups excluding carboxylic acids is 1. The summed E-state index contributed by atoms with van der Waals surface area (Å²) in [6.45, 7) is 7.49. The summed E-state index contributed by atoms with van der Waals surface area (Å²) in [7, 11) is 3.60. The van der Waals surface area contributed by atoms with Gasteiger partial charge in [0.1, 0.15) is 6.04 Å². The van der Waals surface area contributed by atoms with Crippen LogP contribution in [-0.2, 0) is 4.79 Å². The van der Waals surface area contributed by atoms with Crippen molar-refractivity contribution < 1.29 is 4.79 Å². The van der Waals surface area contributed by atoms with Crippen LogP contribution < -0.4 is 26.8 Å². The first-order chi connectivity index (χ1) is 9.62. The minimum absolute atomic E-state index is 0.142. The van der Waals surface area contributed by atoms with Gasteiger partial charge in [0.15, 0.2) is 0 Å². The van der Waals surface area contributed by atoms with E-state index in [9.17, 15) is 4.79 Å². The van der Waals surface area contributed by atoms with Crippen LogP contribution in [0.2, 0.25) is 0 Å². The molecule has 1 aromatic rings. The van der Waals surface area contributed by atoms with Crippen molar-refractivity contribution in [3.05, 3.63) is 0 Å². The predicted molar refractivity (Wildman–Crippen MR) is 82.9 cm³/mol. The molecule has 1 aromatic heterocycles. The van der Waals surface area contributed by atoms with Gasteiger partial charge in [-0.25, -0.2) is 5.84 Å². The van der Waals surface area contributed by atoms with Gasteiger partial charge in [0.25, 0.3) is 0 Å². The molecular formula is C12H24N8O. The van der Waals surface area contributed by atoms with Crippen molar-refractivity contribution in [3.8, 4) is 0 Å². The molecule has 1 amide bonds. The van der Waals surface area contributed by atoms with E-state index in [-0.39, 0.29) is 23.3 Å². The van der Waals surface area contributed by atoms with Crippen molar-refractivity contribution in [1.29, 1.82) is 0 Å². The molecule has 5 N–H and O–H groups in total. The molecule has 21 heavy (non-hydrogen) atoms. The quantitative estimate of drug-likeness (QED) is 0.440. The number of nitrogens with zero attached hydrogens (tertiary/aromatic N) is 4. The average Bonchev–Trinajstić information content (AvgIpc) is 2.36. The Labute approximate surface area is 124 Å². The molecule has 118 valence electrons. The van der Waals surface area contributed by atoms with Gasteiger partial charge in [0.2, 0.25) is 23.8 Å². The minimum atomic E-state index is -0.493. The molecule has 0 bridgehead atoms. The van der Waals surface area contributed by atoms with Gasteiger partial charge in [-0.05, 0) is 27.7 Å². The topological polar surface area (TPSA) is 121 Å². The average molecular weight is 296 g/mol. The van der Waals surface area contributed by atoms with Gasteiger partial charge in [-0.2, -0.15) is 15.0 Å². The van der Waals surface area contributed by atoms with Crippen molar-refractivity contribution in [3.63, 3.8) is 0 Å². The molecule has 0 aliphatic heterocycles. The maximum atomic E-state index is 12.0. The Balaban J connectivity index is 2.86. The van der Waals surface area contributed by atoms with Gasteiger partial charge in [0.05, 0.1) is 0 Å². The van der Waals surface area contributed by atoms with E-state index in [4.69, 9.17) is 5.84 Å². The molecule has 0 fully saturated rings. The summed E-state index contributed by atoms with van der Waals surface area (Å²) in [5, 5.41) is 5.82. The van der Waals surface area contributed by atoms with Crippen LogP contribution >= 0.6 is 0 Å². The Hall–Kier alpha value is -2.16. The highest BCUT2D eigenvalue weighted by atomic mass is 16.2. The van der Waals surface area contributed by atoms with E-state index in [1.807, 2.05) is 20.8 Å². The van der Waals surface area contributed by atoms with Crippen LogP contribution in [0.4, 0.5) is 17.8 Å². The third-order valence-corrected chi connectivity index (χ3v) is 2.39. The molecule has 9 heteroatoms. The normalized spacial score (nSPS) is 12.5. The number of hydrogen-bond acceptors (Lipinski definition) is 8. The number of carbonyl (C=O) groups is 1. The smallest absolute Gasteiger partial charge is 0.243 e. The summed E-state index contributed by atoms with van der Waals surface area (Å²) in [6, 6.07) is -0.493. The number of hydrogen-bond donors (Lipinski definition) is 4. The predicted octanol–water partition coefficient (Wildman–Crippen LogP) is -0.0617. The fourth-order valence-corrected chi connectivity index (χ4v) is 1.43. The number of nitrogens with two attached hydrogens (primary N) is 1. The van der Waals surface area contributed by atoms with Crippen molar-refractivity contribution >= 4 is 23.8 Å². The third-order valence-electron chi connectivity index (χ3n) is 2.39. The van der Waals surface area contributed by atoms with Gasteiger partial charge in [-0.3, -0.25) is 10.2 Å². The zero-order valence-electron chi connectivity index (χ0n) is 13.4. The summed E-state index contributed by atoms with van der Waals surface area (Å²) < 4.78 is 0. The molecule has 1 heterocycles. The van der Waals surface area contributed by atoms with E-state index in [1.165, 1.54) is 0 Å². The van der Waals surface area contributed by atoms with Crippen molar-refractivity contribution in [2.45, 2.75) is 39.3 Å². The maximum absolute atomic E-state index is 12.0. The first-order valence-corrected chi connectivity index (χ1v) is 6.61. The van der Waals surface area contributed by atoms with E-state index in [0.29, 0.717) is 5.95 Å². The molecule has 1 unspecified atom stereocenters. The lowest BCUT2D eigenvalue weighted by Crippen LogP contribution is -2.47. The number of amides is 1. The zero-order chi connectivity index (χ0) is 16.2. The van der Waals surface area contributed by atoms with E-state index < -0.39 is 6.04 Å². The number of nitrogen functional groups attached to an aromatic ring is 1. The lowest BCUT2D eigenvalue weighted by Gasteiger charge is -2.23. The molecule has 9 nitrogen and oxygen atoms in total. The standard InChI is InChI=1S/C12H24N8O/c1-7(8(21)18-12(2,3)4)14-9-15-10(19-13)17-11(16-9)20(5)6/h7H,13H2,1-6H3,(H,18,21)(H2,14,15,16,17,19). The van der Waals surface area contributed by atoms with E-state index in [1.54, 1.807) is 25.9 Å². The van der Waals surface area contributed by atoms with Gasteiger partial charge >= 0.3 is 0 Å². The van der Waals surface area contributed by atoms with Gasteiger partial charge in [-0.15, -0.1) is 0 Å². The number of rotatable bonds is 5. The van der Waals surface area contributed by atoms with Crippen LogP contribution in [0.25, 0.3) is 0 Å². The monoisotopic (exact) mass is 296 g/mol. The number of hydrazine groups is 1. The molecule has 0 aliphatic rings. The summed E-state index contributed by atoms with van der Waals surface area (Å²) >= 11 is 0. The molecule has 0 saturated heterocycles. The van der Waals surface area contributed by atoms with Crippen LogP contribution in [0.5, 0.6) is 0 Å². The minimum Gasteiger partial charge on any atom is -0.350 e. The summed E-state index contributed by atoms with van der Waals surface area (Å²) in [5.74, 6) is 6.12. The Bertz CT molecular complexity index is 497. The summed E-state index contributed by atoms with van der Waals surface area (Å²) in [6.07, 6.45) is 0. The first-order valence-electron chi connectivity index (χ1n) is 6.61. The van der Waals surface area contributed by atoms with Crippen molar-refractivity contribution in [1.82, 2.24) is 20.3 Å². The van der Waals surface area contributed by atoms with Crippen LogP contribution in [0, 0.1) is 0 Å². The van der Waals surface area contributed by atoms with Crippen LogP contribution in [0.15, 0.2) is 0 Å². The van der Waals surface area contributed by atoms with Gasteiger partial charge in [-0.1, -0.05) is 0 Å². The Morgan fingerprint density at radius 1 is 1.19 bits per heavy atom. The number of aromatic nitrogens is 3. The molecule has 0 aromatic carbocycles. The molecule has 0 spiro atoms. The van der Waals surface area contributed by atoms with E-state index >= 15 is 0 Å². The highest BCUT2D eigenvalue weighted by molar-refractivity contribution is 5.84. The van der Waals surface area contributed by atoms with Gasteiger partial charge < -0.3 is 15.5 Å². The fourth-order valence-electron chi connectivity index (χ4n) is 1.43. The van der Waals surface area contributed by atoms with Crippen LogP contribution in [0.1, 0.15) is 27.7 Å². The largest absolute Gasteiger partial charge is 0.350 e. The number of nitrogens with one attached hydrogen (secondary N) is 3. The van der Waals surface area contributed by atoms with E-state index in [0.717, 1.165) is 0 Å². The Morgan fingerprint density at radius 2 is 1.76 bits per heavy atom. The van der Waals surface area contributed by atoms with Gasteiger partial charge in [0, 0.05) is 19.6 Å². The third kappa shape index (κ3) is 5.38. The summed E-state index contributed by atoms with van der Waals surface area (Å²) in [5.41, 5.74) is 2.07. The Morgan fingerprint density at radius 3 is 2.24 bits per heavy atom. The van der Waals surface area contributed by atoms with Crippen LogP contribution in [0.3, 0.4) is 0 Å². The second kappa shape index (κ2) is 6.53. The summed E-state index contributed by atoms with van der Waals surface area (Å²) in [4.78, 5) is 26.1. The zero-order valence-corrected chi connectivity index (χ0v) is 13.4. The molecule has 0 aliphatic carbocycles. The van der Waals surface area contributed by atoms with Crippen molar-refractivity contribution in [2.24, 2.45) is 5.84 Å². The Kier molecular flexibility index (Phi) is 5.25. The lowest BCUT2D eigenvalue weighted by molar-refractivity contribution is -0.122. The maximum Gasteiger partial charge on any atom is 0.243 e. The van der Waals surface area contributed by atoms with Crippen molar-refractivity contribution in [2.75, 3.05) is 29.7 Å². The number of anilines is 3. The fraction of sp³-hybridized carbons (Fsp3) is 0.667. The first kappa shape index (κ1) is 16.9. The van der Waals surface area contributed by atoms with Crippen LogP contribution in [-0.4, -0.2) is 46.5 Å². The molecule has 1 atom stereocenters. The molecule has 0 radical (unpaired) electrons. The van der Waals surface area contributed by atoms with E-state index in [2.05, 4.69) is 31.0 Å². The SMILES string of the molecule is CC(Nc1nc(NN)nc(N(C)C)n1)C(=O)NC(C)(C)C. The molecular weight excluding hydrogens is 272 g/mol. The highest BCUT2D eigenvalue weighted by Gasteiger charge is 2.20. The highest BCUT2D eigenvalue weighted by Crippen LogP contribution is 2.11. The second-order valence-electron chi connectivity index (χ2n) is 5.93. The lowest BCUT2D eigenvalue weighted by atomic mass is 10.1. The molecule has 1 rings (SSSR count). The molecule has 0 saturated carbocycles. The second-order valence-corrected chi connectivity index (χ2v) is 5.93.